The molecule has 17 heavy (non-hydrogen) atoms. The molecule has 0 aliphatic heterocycles. The molecular formula is C14H17NO2. The van der Waals surface area contributed by atoms with Crippen LogP contribution < -0.4 is 0 Å². The first kappa shape index (κ1) is 12.1. The zero-order valence-corrected chi connectivity index (χ0v) is 9.80. The van der Waals surface area contributed by atoms with E-state index < -0.39 is 0 Å². The number of rotatable bonds is 3. The zero-order valence-electron chi connectivity index (χ0n) is 9.80. The van der Waals surface area contributed by atoms with Crippen molar-refractivity contribution >= 4 is 0 Å². The number of hydrogen-bond acceptors (Lipinski definition) is 3. The van der Waals surface area contributed by atoms with Crippen LogP contribution in [0.2, 0.25) is 0 Å². The van der Waals surface area contributed by atoms with Gasteiger partial charge in [0.15, 0.2) is 0 Å². The van der Waals surface area contributed by atoms with Crippen molar-refractivity contribution in [2.24, 2.45) is 0 Å². The summed E-state index contributed by atoms with van der Waals surface area (Å²) in [7, 11) is 0. The second-order valence-corrected chi connectivity index (χ2v) is 4.51. The van der Waals surface area contributed by atoms with E-state index in [1.807, 2.05) is 24.3 Å². The van der Waals surface area contributed by atoms with Crippen molar-refractivity contribution in [3.63, 3.8) is 0 Å². The predicted molar refractivity (Wildman–Crippen MR) is 64.2 cm³/mol. The Morgan fingerprint density at radius 2 is 1.94 bits per heavy atom. The van der Waals surface area contributed by atoms with E-state index >= 15 is 0 Å². The molecule has 0 aromatic heterocycles. The lowest BCUT2D eigenvalue weighted by molar-refractivity contribution is -0.0119. The third-order valence-electron chi connectivity index (χ3n) is 3.26. The van der Waals surface area contributed by atoms with E-state index in [1.54, 1.807) is 0 Å². The SMILES string of the molecule is N#Cc1ccccc1COC1CCC(O)CC1. The van der Waals surface area contributed by atoms with Crippen molar-refractivity contribution in [1.82, 2.24) is 0 Å². The quantitative estimate of drug-likeness (QED) is 0.869. The molecule has 0 spiro atoms. The average Bonchev–Trinajstić information content (AvgIpc) is 2.38. The van der Waals surface area contributed by atoms with Crippen LogP contribution in [0.4, 0.5) is 0 Å². The second kappa shape index (κ2) is 5.81. The van der Waals surface area contributed by atoms with Gasteiger partial charge in [-0.1, -0.05) is 18.2 Å². The molecule has 0 heterocycles. The van der Waals surface area contributed by atoms with Crippen LogP contribution in [0.1, 0.15) is 36.8 Å². The van der Waals surface area contributed by atoms with Crippen LogP contribution in [0.5, 0.6) is 0 Å². The number of nitriles is 1. The number of hydrogen-bond donors (Lipinski definition) is 1. The van der Waals surface area contributed by atoms with Gasteiger partial charge in [0.1, 0.15) is 0 Å². The Balaban J connectivity index is 1.88. The highest BCUT2D eigenvalue weighted by atomic mass is 16.5. The molecule has 0 radical (unpaired) electrons. The Bertz CT molecular complexity index is 403. The maximum Gasteiger partial charge on any atom is 0.0995 e. The molecule has 1 aromatic rings. The van der Waals surface area contributed by atoms with E-state index in [2.05, 4.69) is 6.07 Å². The minimum Gasteiger partial charge on any atom is -0.393 e. The van der Waals surface area contributed by atoms with Crippen molar-refractivity contribution in [2.45, 2.75) is 44.5 Å². The Morgan fingerprint density at radius 3 is 2.65 bits per heavy atom. The van der Waals surface area contributed by atoms with E-state index in [0.29, 0.717) is 12.2 Å². The first-order valence-electron chi connectivity index (χ1n) is 6.07. The maximum atomic E-state index is 9.40. The highest BCUT2D eigenvalue weighted by Gasteiger charge is 2.19. The van der Waals surface area contributed by atoms with E-state index in [0.717, 1.165) is 31.2 Å². The van der Waals surface area contributed by atoms with Crippen LogP contribution in [-0.4, -0.2) is 17.3 Å². The molecule has 1 N–H and O–H groups in total. The molecule has 3 nitrogen and oxygen atoms in total. The molecular weight excluding hydrogens is 214 g/mol. The van der Waals surface area contributed by atoms with Crippen molar-refractivity contribution in [2.75, 3.05) is 0 Å². The van der Waals surface area contributed by atoms with Gasteiger partial charge >= 0.3 is 0 Å². The number of nitrogens with zero attached hydrogens (tertiary/aromatic N) is 1. The Kier molecular flexibility index (Phi) is 4.13. The lowest BCUT2D eigenvalue weighted by Crippen LogP contribution is -2.24. The molecule has 90 valence electrons. The lowest BCUT2D eigenvalue weighted by Gasteiger charge is -2.25. The van der Waals surface area contributed by atoms with Gasteiger partial charge in [0.05, 0.1) is 30.4 Å². The summed E-state index contributed by atoms with van der Waals surface area (Å²) in [4.78, 5) is 0. The molecule has 1 aliphatic rings. The Labute approximate surface area is 102 Å². The van der Waals surface area contributed by atoms with Gasteiger partial charge in [-0.05, 0) is 37.3 Å². The molecule has 1 fully saturated rings. The van der Waals surface area contributed by atoms with Crippen LogP contribution >= 0.6 is 0 Å². The third-order valence-corrected chi connectivity index (χ3v) is 3.26. The van der Waals surface area contributed by atoms with Gasteiger partial charge in [-0.2, -0.15) is 5.26 Å². The van der Waals surface area contributed by atoms with Crippen LogP contribution in [0.3, 0.4) is 0 Å². The molecule has 0 amide bonds. The van der Waals surface area contributed by atoms with Gasteiger partial charge in [0.25, 0.3) is 0 Å². The van der Waals surface area contributed by atoms with Crippen LogP contribution in [0.25, 0.3) is 0 Å². The van der Waals surface area contributed by atoms with Gasteiger partial charge < -0.3 is 9.84 Å². The third kappa shape index (κ3) is 3.29. The summed E-state index contributed by atoms with van der Waals surface area (Å²) in [5, 5.41) is 18.3. The van der Waals surface area contributed by atoms with Gasteiger partial charge in [0.2, 0.25) is 0 Å². The summed E-state index contributed by atoms with van der Waals surface area (Å²) in [5.74, 6) is 0. The summed E-state index contributed by atoms with van der Waals surface area (Å²) in [6.45, 7) is 0.491. The lowest BCUT2D eigenvalue weighted by atomic mass is 9.95. The highest BCUT2D eigenvalue weighted by Crippen LogP contribution is 2.22. The fourth-order valence-corrected chi connectivity index (χ4v) is 2.17. The van der Waals surface area contributed by atoms with Gasteiger partial charge in [-0.3, -0.25) is 0 Å². The fraction of sp³-hybridized carbons (Fsp3) is 0.500. The summed E-state index contributed by atoms with van der Waals surface area (Å²) in [6.07, 6.45) is 3.55. The van der Waals surface area contributed by atoms with Crippen LogP contribution in [0, 0.1) is 11.3 Å². The summed E-state index contributed by atoms with van der Waals surface area (Å²) in [5.41, 5.74) is 1.63. The average molecular weight is 231 g/mol. The van der Waals surface area contributed by atoms with Crippen molar-refractivity contribution in [1.29, 1.82) is 5.26 Å². The molecule has 1 aromatic carbocycles. The summed E-state index contributed by atoms with van der Waals surface area (Å²) < 4.78 is 5.80. The summed E-state index contributed by atoms with van der Waals surface area (Å²) >= 11 is 0. The molecule has 0 unspecified atom stereocenters. The molecule has 3 heteroatoms. The maximum absolute atomic E-state index is 9.40. The normalized spacial score (nSPS) is 24.2. The second-order valence-electron chi connectivity index (χ2n) is 4.51. The summed E-state index contributed by atoms with van der Waals surface area (Å²) in [6, 6.07) is 9.69. The molecule has 2 rings (SSSR count). The molecule has 0 bridgehead atoms. The van der Waals surface area contributed by atoms with Gasteiger partial charge in [-0.25, -0.2) is 0 Å². The Hall–Kier alpha value is -1.37. The van der Waals surface area contributed by atoms with E-state index in [1.165, 1.54) is 0 Å². The van der Waals surface area contributed by atoms with E-state index in [9.17, 15) is 5.11 Å². The first-order valence-corrected chi connectivity index (χ1v) is 6.07. The Morgan fingerprint density at radius 1 is 1.24 bits per heavy atom. The minimum atomic E-state index is -0.152. The molecule has 0 atom stereocenters. The van der Waals surface area contributed by atoms with Crippen molar-refractivity contribution in [3.8, 4) is 6.07 Å². The number of ether oxygens (including phenoxy) is 1. The smallest absolute Gasteiger partial charge is 0.0995 e. The predicted octanol–water partition coefficient (Wildman–Crippen LogP) is 2.38. The first-order chi connectivity index (χ1) is 8.29. The van der Waals surface area contributed by atoms with Crippen molar-refractivity contribution in [3.05, 3.63) is 35.4 Å². The van der Waals surface area contributed by atoms with Crippen LogP contribution in [0.15, 0.2) is 24.3 Å². The van der Waals surface area contributed by atoms with Gasteiger partial charge in [-0.15, -0.1) is 0 Å². The van der Waals surface area contributed by atoms with Gasteiger partial charge in [0, 0.05) is 0 Å². The number of aliphatic hydroxyl groups is 1. The highest BCUT2D eigenvalue weighted by molar-refractivity contribution is 5.36. The van der Waals surface area contributed by atoms with Crippen molar-refractivity contribution < 1.29 is 9.84 Å². The molecule has 1 aliphatic carbocycles. The topological polar surface area (TPSA) is 53.2 Å². The largest absolute Gasteiger partial charge is 0.393 e. The van der Waals surface area contributed by atoms with E-state index in [-0.39, 0.29) is 12.2 Å². The standard InChI is InChI=1S/C14H17NO2/c15-9-11-3-1-2-4-12(11)10-17-14-7-5-13(16)6-8-14/h1-4,13-14,16H,5-8,10H2. The monoisotopic (exact) mass is 231 g/mol. The fourth-order valence-electron chi connectivity index (χ4n) is 2.17. The van der Waals surface area contributed by atoms with Crippen LogP contribution in [-0.2, 0) is 11.3 Å². The number of benzene rings is 1. The molecule has 1 saturated carbocycles. The van der Waals surface area contributed by atoms with E-state index in [4.69, 9.17) is 10.00 Å². The zero-order chi connectivity index (χ0) is 12.1. The molecule has 0 saturated heterocycles. The minimum absolute atomic E-state index is 0.152. The number of aliphatic hydroxyl groups excluding tert-OH is 1.